The van der Waals surface area contributed by atoms with Crippen molar-refractivity contribution in [2.24, 2.45) is 0 Å². The Hall–Kier alpha value is -3.61. The van der Waals surface area contributed by atoms with Crippen molar-refractivity contribution in [3.63, 3.8) is 0 Å². The van der Waals surface area contributed by atoms with Gasteiger partial charge in [0.2, 0.25) is 0 Å². The fraction of sp³-hybridized carbons (Fsp3) is 0.292. The lowest BCUT2D eigenvalue weighted by Crippen LogP contribution is -2.54. The van der Waals surface area contributed by atoms with E-state index in [1.165, 1.54) is 12.5 Å². The lowest BCUT2D eigenvalue weighted by atomic mass is 10.0. The molecule has 0 bridgehead atoms. The van der Waals surface area contributed by atoms with Crippen LogP contribution in [-0.4, -0.2) is 38.0 Å². The molecule has 2 aromatic rings. The second kappa shape index (κ2) is 8.63. The van der Waals surface area contributed by atoms with Crippen molar-refractivity contribution in [2.45, 2.75) is 26.2 Å². The number of ether oxygens (including phenoxy) is 1. The van der Waals surface area contributed by atoms with Crippen LogP contribution in [0.4, 0.5) is 16.2 Å². The number of hydrogen-bond donors (Lipinski definition) is 1. The maximum Gasteiger partial charge on any atom is 0.335 e. The second-order valence-electron chi connectivity index (χ2n) is 7.77. The smallest absolute Gasteiger partial charge is 0.335 e. The van der Waals surface area contributed by atoms with Gasteiger partial charge in [0.05, 0.1) is 12.8 Å². The first-order valence-corrected chi connectivity index (χ1v) is 10.4. The quantitative estimate of drug-likeness (QED) is 0.604. The van der Waals surface area contributed by atoms with E-state index >= 15 is 0 Å². The third-order valence-corrected chi connectivity index (χ3v) is 5.63. The summed E-state index contributed by atoms with van der Waals surface area (Å²) in [7, 11) is 1.56. The molecule has 0 saturated carbocycles. The maximum atomic E-state index is 13.1. The van der Waals surface area contributed by atoms with E-state index in [2.05, 4.69) is 10.2 Å². The Morgan fingerprint density at radius 1 is 0.935 bits per heavy atom. The molecule has 2 heterocycles. The number of urea groups is 1. The molecule has 0 spiro atoms. The molecule has 7 nitrogen and oxygen atoms in total. The minimum atomic E-state index is -0.761. The number of methoxy groups -OCH3 is 1. The van der Waals surface area contributed by atoms with Crippen LogP contribution in [-0.2, 0) is 9.59 Å². The first-order valence-electron chi connectivity index (χ1n) is 10.4. The number of aryl methyl sites for hydroxylation is 1. The number of nitrogens with zero attached hydrogens (tertiary/aromatic N) is 2. The average Bonchev–Trinajstić information content (AvgIpc) is 2.78. The Kier molecular flexibility index (Phi) is 5.75. The Bertz CT molecular complexity index is 1050. The third kappa shape index (κ3) is 4.17. The van der Waals surface area contributed by atoms with Gasteiger partial charge in [0.25, 0.3) is 11.8 Å². The molecule has 4 rings (SSSR count). The van der Waals surface area contributed by atoms with Crippen molar-refractivity contribution < 1.29 is 19.1 Å². The van der Waals surface area contributed by atoms with E-state index in [1.54, 1.807) is 31.4 Å². The highest BCUT2D eigenvalue weighted by molar-refractivity contribution is 6.39. The summed E-state index contributed by atoms with van der Waals surface area (Å²) in [5.41, 5.74) is 2.93. The molecule has 2 fully saturated rings. The van der Waals surface area contributed by atoms with Crippen molar-refractivity contribution in [3.8, 4) is 5.75 Å². The van der Waals surface area contributed by atoms with E-state index in [0.717, 1.165) is 42.1 Å². The molecular formula is C24H25N3O4. The molecule has 0 atom stereocenters. The number of carbonyl (C=O) groups is 3. The molecule has 0 aromatic heterocycles. The van der Waals surface area contributed by atoms with Crippen molar-refractivity contribution in [1.82, 2.24) is 5.32 Å². The zero-order valence-corrected chi connectivity index (χ0v) is 17.7. The van der Waals surface area contributed by atoms with Crippen LogP contribution in [0.15, 0.2) is 48.0 Å². The molecule has 1 N–H and O–H groups in total. The molecule has 0 unspecified atom stereocenters. The Labute approximate surface area is 181 Å². The van der Waals surface area contributed by atoms with Gasteiger partial charge in [-0.15, -0.1) is 0 Å². The molecule has 0 radical (unpaired) electrons. The van der Waals surface area contributed by atoms with E-state index < -0.39 is 17.8 Å². The van der Waals surface area contributed by atoms with Crippen LogP contribution in [0, 0.1) is 6.92 Å². The molecule has 2 saturated heterocycles. The first kappa shape index (κ1) is 20.7. The first-order chi connectivity index (χ1) is 15.0. The normalized spacial score (nSPS) is 18.4. The average molecular weight is 419 g/mol. The maximum absolute atomic E-state index is 13.1. The van der Waals surface area contributed by atoms with Gasteiger partial charge < -0.3 is 9.64 Å². The van der Waals surface area contributed by atoms with Gasteiger partial charge in [0.15, 0.2) is 0 Å². The Morgan fingerprint density at radius 2 is 1.61 bits per heavy atom. The van der Waals surface area contributed by atoms with Gasteiger partial charge in [-0.1, -0.05) is 17.7 Å². The Morgan fingerprint density at radius 3 is 2.29 bits per heavy atom. The largest absolute Gasteiger partial charge is 0.496 e. The highest BCUT2D eigenvalue weighted by atomic mass is 16.5. The molecule has 2 aliphatic heterocycles. The van der Waals surface area contributed by atoms with Gasteiger partial charge in [-0.2, -0.15) is 0 Å². The summed E-state index contributed by atoms with van der Waals surface area (Å²) in [5, 5.41) is 2.25. The standard InChI is InChI=1S/C24H25N3O4/c1-16-6-9-18(10-7-16)27-23(29)20(22(28)25-24(27)30)14-17-8-11-19(15-21(17)31-2)26-12-4-3-5-13-26/h6-11,14-15H,3-5,12-13H2,1-2H3,(H,25,28,30)/b20-14+. The molecule has 160 valence electrons. The van der Waals surface area contributed by atoms with Crippen LogP contribution in [0.25, 0.3) is 6.08 Å². The second-order valence-corrected chi connectivity index (χ2v) is 7.77. The van der Waals surface area contributed by atoms with E-state index in [4.69, 9.17) is 4.74 Å². The van der Waals surface area contributed by atoms with Crippen molar-refractivity contribution >= 4 is 35.3 Å². The fourth-order valence-corrected chi connectivity index (χ4v) is 3.91. The van der Waals surface area contributed by atoms with Crippen LogP contribution >= 0.6 is 0 Å². The van der Waals surface area contributed by atoms with Gasteiger partial charge in [-0.05, 0) is 56.5 Å². The summed E-state index contributed by atoms with van der Waals surface area (Å²) in [6.07, 6.45) is 5.03. The number of piperidine rings is 1. The lowest BCUT2D eigenvalue weighted by molar-refractivity contribution is -0.122. The van der Waals surface area contributed by atoms with Crippen molar-refractivity contribution in [3.05, 3.63) is 59.2 Å². The summed E-state index contributed by atoms with van der Waals surface area (Å²) in [5.74, 6) is -0.824. The van der Waals surface area contributed by atoms with Crippen LogP contribution in [0.2, 0.25) is 0 Å². The van der Waals surface area contributed by atoms with E-state index in [9.17, 15) is 14.4 Å². The molecule has 2 aliphatic rings. The monoisotopic (exact) mass is 419 g/mol. The van der Waals surface area contributed by atoms with Gasteiger partial charge in [-0.3, -0.25) is 14.9 Å². The summed E-state index contributed by atoms with van der Waals surface area (Å²) in [4.78, 5) is 41.2. The predicted molar refractivity (Wildman–Crippen MR) is 119 cm³/mol. The minimum Gasteiger partial charge on any atom is -0.496 e. The van der Waals surface area contributed by atoms with E-state index in [-0.39, 0.29) is 5.57 Å². The predicted octanol–water partition coefficient (Wildman–Crippen LogP) is 3.66. The zero-order valence-electron chi connectivity index (χ0n) is 17.7. The van der Waals surface area contributed by atoms with Crippen LogP contribution in [0.1, 0.15) is 30.4 Å². The van der Waals surface area contributed by atoms with Gasteiger partial charge in [0.1, 0.15) is 11.3 Å². The molecule has 0 aliphatic carbocycles. The molecule has 31 heavy (non-hydrogen) atoms. The number of carbonyl (C=O) groups excluding carboxylic acids is 3. The molecule has 2 aromatic carbocycles. The summed E-state index contributed by atoms with van der Waals surface area (Å²) in [6, 6.07) is 11.9. The fourth-order valence-electron chi connectivity index (χ4n) is 3.91. The van der Waals surface area contributed by atoms with Gasteiger partial charge >= 0.3 is 6.03 Å². The topological polar surface area (TPSA) is 79.0 Å². The van der Waals surface area contributed by atoms with E-state index in [1.807, 2.05) is 25.1 Å². The van der Waals surface area contributed by atoms with E-state index in [0.29, 0.717) is 17.0 Å². The Balaban J connectivity index is 1.67. The molecule has 7 heteroatoms. The van der Waals surface area contributed by atoms with Crippen LogP contribution in [0.3, 0.4) is 0 Å². The molecule has 4 amide bonds. The highest BCUT2D eigenvalue weighted by Crippen LogP contribution is 2.30. The number of benzene rings is 2. The molecular weight excluding hydrogens is 394 g/mol. The number of rotatable bonds is 4. The van der Waals surface area contributed by atoms with Crippen LogP contribution < -0.4 is 19.9 Å². The summed E-state index contributed by atoms with van der Waals surface area (Å²) >= 11 is 0. The summed E-state index contributed by atoms with van der Waals surface area (Å²) < 4.78 is 5.54. The van der Waals surface area contributed by atoms with Crippen molar-refractivity contribution in [1.29, 1.82) is 0 Å². The number of imide groups is 2. The minimum absolute atomic E-state index is 0.121. The number of nitrogens with one attached hydrogen (secondary N) is 1. The number of anilines is 2. The zero-order chi connectivity index (χ0) is 22.0. The van der Waals surface area contributed by atoms with Crippen molar-refractivity contribution in [2.75, 3.05) is 30.0 Å². The van der Waals surface area contributed by atoms with Crippen LogP contribution in [0.5, 0.6) is 5.75 Å². The van der Waals surface area contributed by atoms with Gasteiger partial charge in [-0.25, -0.2) is 9.69 Å². The highest BCUT2D eigenvalue weighted by Gasteiger charge is 2.37. The lowest BCUT2D eigenvalue weighted by Gasteiger charge is -2.29. The van der Waals surface area contributed by atoms with Gasteiger partial charge in [0, 0.05) is 30.4 Å². The summed E-state index contributed by atoms with van der Waals surface area (Å²) in [6.45, 7) is 3.91. The SMILES string of the molecule is COc1cc(N2CCCCC2)ccc1/C=C1\C(=O)NC(=O)N(c2ccc(C)cc2)C1=O. The number of amides is 4. The number of barbiturate groups is 1. The number of hydrogen-bond acceptors (Lipinski definition) is 5. The third-order valence-electron chi connectivity index (χ3n) is 5.63.